The van der Waals surface area contributed by atoms with Crippen molar-refractivity contribution < 1.29 is 12.8 Å². The Labute approximate surface area is 133 Å². The molecular formula is C14H15ClFN3O2S. The van der Waals surface area contributed by atoms with Crippen LogP contribution in [0.25, 0.3) is 0 Å². The van der Waals surface area contributed by atoms with Crippen LogP contribution in [-0.4, -0.2) is 18.2 Å². The number of nitrogens with zero attached hydrogens (tertiary/aromatic N) is 2. The Hall–Kier alpha value is -1.44. The minimum Gasteiger partial charge on any atom is -0.269 e. The highest BCUT2D eigenvalue weighted by Gasteiger charge is 2.21. The van der Waals surface area contributed by atoms with Crippen molar-refractivity contribution >= 4 is 21.6 Å². The van der Waals surface area contributed by atoms with Crippen molar-refractivity contribution in [3.63, 3.8) is 0 Å². The first-order valence-corrected chi connectivity index (χ1v) is 8.82. The third-order valence-electron chi connectivity index (χ3n) is 3.70. The van der Waals surface area contributed by atoms with Gasteiger partial charge in [0, 0.05) is 29.4 Å². The van der Waals surface area contributed by atoms with E-state index in [4.69, 9.17) is 11.6 Å². The van der Waals surface area contributed by atoms with E-state index in [0.717, 1.165) is 49.2 Å². The van der Waals surface area contributed by atoms with Gasteiger partial charge in [-0.25, -0.2) is 17.5 Å². The highest BCUT2D eigenvalue weighted by Crippen LogP contribution is 2.21. The molecule has 0 radical (unpaired) electrons. The molecular weight excluding hydrogens is 329 g/mol. The second kappa shape index (κ2) is 5.98. The number of rotatable bonds is 4. The molecule has 2 aromatic rings. The lowest BCUT2D eigenvalue weighted by Gasteiger charge is -2.15. The zero-order valence-corrected chi connectivity index (χ0v) is 13.3. The molecule has 3 rings (SSSR count). The van der Waals surface area contributed by atoms with Crippen molar-refractivity contribution in [2.45, 2.75) is 37.2 Å². The van der Waals surface area contributed by atoms with E-state index in [0.29, 0.717) is 0 Å². The molecule has 1 N–H and O–H groups in total. The Bertz CT molecular complexity index is 804. The predicted molar refractivity (Wildman–Crippen MR) is 80.6 cm³/mol. The normalized spacial score (nSPS) is 14.8. The van der Waals surface area contributed by atoms with Crippen LogP contribution in [-0.2, 0) is 29.5 Å². The monoisotopic (exact) mass is 343 g/mol. The second-order valence-electron chi connectivity index (χ2n) is 5.20. The van der Waals surface area contributed by atoms with Gasteiger partial charge in [-0.3, -0.25) is 4.68 Å². The highest BCUT2D eigenvalue weighted by atomic mass is 35.5. The molecule has 0 saturated carbocycles. The van der Waals surface area contributed by atoms with E-state index >= 15 is 0 Å². The maximum absolute atomic E-state index is 13.8. The molecule has 0 saturated heterocycles. The lowest BCUT2D eigenvalue weighted by atomic mass is 10.1. The van der Waals surface area contributed by atoms with Gasteiger partial charge in [0.05, 0.1) is 6.20 Å². The van der Waals surface area contributed by atoms with Crippen LogP contribution in [0.4, 0.5) is 4.39 Å². The number of aryl methyl sites for hydroxylation is 1. The highest BCUT2D eigenvalue weighted by molar-refractivity contribution is 7.89. The Kier molecular flexibility index (Phi) is 4.20. The van der Waals surface area contributed by atoms with Crippen molar-refractivity contribution in [1.29, 1.82) is 0 Å². The number of hydrogen-bond donors (Lipinski definition) is 1. The van der Waals surface area contributed by atoms with Crippen LogP contribution in [0.5, 0.6) is 0 Å². The summed E-state index contributed by atoms with van der Waals surface area (Å²) in [5.74, 6) is -0.864. The average molecular weight is 344 g/mol. The summed E-state index contributed by atoms with van der Waals surface area (Å²) >= 11 is 5.64. The Morgan fingerprint density at radius 2 is 2.18 bits per heavy atom. The number of fused-ring (bicyclic) bond motifs is 1. The molecule has 1 aromatic carbocycles. The zero-order chi connectivity index (χ0) is 15.7. The molecule has 1 aliphatic heterocycles. The topological polar surface area (TPSA) is 64.0 Å². The van der Waals surface area contributed by atoms with Gasteiger partial charge in [0.2, 0.25) is 10.0 Å². The summed E-state index contributed by atoms with van der Waals surface area (Å²) in [7, 11) is -3.93. The molecule has 0 spiro atoms. The third-order valence-corrected chi connectivity index (χ3v) is 5.37. The fraction of sp³-hybridized carbons (Fsp3) is 0.357. The van der Waals surface area contributed by atoms with Gasteiger partial charge in [-0.05, 0) is 37.5 Å². The second-order valence-corrected chi connectivity index (χ2v) is 7.37. The van der Waals surface area contributed by atoms with Crippen LogP contribution < -0.4 is 4.72 Å². The maximum Gasteiger partial charge on any atom is 0.243 e. The van der Waals surface area contributed by atoms with Crippen molar-refractivity contribution in [2.75, 3.05) is 0 Å². The number of nitrogens with one attached hydrogen (secondary N) is 1. The van der Waals surface area contributed by atoms with E-state index in [9.17, 15) is 12.8 Å². The van der Waals surface area contributed by atoms with Crippen LogP contribution in [0.15, 0.2) is 29.3 Å². The molecule has 0 atom stereocenters. The maximum atomic E-state index is 13.8. The molecule has 5 nitrogen and oxygen atoms in total. The number of sulfonamides is 1. The molecule has 0 unspecified atom stereocenters. The number of halogens is 2. The molecule has 1 aliphatic rings. The molecule has 2 heterocycles. The molecule has 0 amide bonds. The summed E-state index contributed by atoms with van der Waals surface area (Å²) < 4.78 is 42.5. The molecule has 1 aromatic heterocycles. The molecule has 8 heteroatoms. The fourth-order valence-electron chi connectivity index (χ4n) is 2.58. The first-order valence-electron chi connectivity index (χ1n) is 6.95. The molecule has 118 valence electrons. The minimum absolute atomic E-state index is 0.0970. The van der Waals surface area contributed by atoms with Gasteiger partial charge < -0.3 is 0 Å². The molecule has 22 heavy (non-hydrogen) atoms. The average Bonchev–Trinajstić information content (AvgIpc) is 2.88. The Morgan fingerprint density at radius 3 is 2.95 bits per heavy atom. The predicted octanol–water partition coefficient (Wildman–Crippen LogP) is 2.49. The summed E-state index contributed by atoms with van der Waals surface area (Å²) in [6, 6.07) is 3.49. The van der Waals surface area contributed by atoms with E-state index in [2.05, 4.69) is 9.82 Å². The molecule has 0 aliphatic carbocycles. The third kappa shape index (κ3) is 3.02. The van der Waals surface area contributed by atoms with Crippen molar-refractivity contribution in [2.24, 2.45) is 0 Å². The van der Waals surface area contributed by atoms with Crippen LogP contribution in [0.3, 0.4) is 0 Å². The van der Waals surface area contributed by atoms with E-state index in [1.807, 2.05) is 4.68 Å². The summed E-state index contributed by atoms with van der Waals surface area (Å²) in [5.41, 5.74) is 1.88. The van der Waals surface area contributed by atoms with Crippen LogP contribution >= 0.6 is 11.6 Å². The fourth-order valence-corrected chi connectivity index (χ4v) is 3.80. The summed E-state index contributed by atoms with van der Waals surface area (Å²) in [4.78, 5) is -0.405. The summed E-state index contributed by atoms with van der Waals surface area (Å²) in [5, 5.41) is 4.40. The first-order chi connectivity index (χ1) is 10.5. The van der Waals surface area contributed by atoms with Gasteiger partial charge in [-0.15, -0.1) is 0 Å². The van der Waals surface area contributed by atoms with Crippen molar-refractivity contribution in [3.05, 3.63) is 46.5 Å². The summed E-state index contributed by atoms with van der Waals surface area (Å²) in [6.07, 6.45) is 4.70. The van der Waals surface area contributed by atoms with Gasteiger partial charge in [0.25, 0.3) is 0 Å². The molecule has 0 fully saturated rings. The quantitative estimate of drug-likeness (QED) is 0.927. The molecule has 0 bridgehead atoms. The van der Waals surface area contributed by atoms with Gasteiger partial charge in [0.15, 0.2) is 0 Å². The smallest absolute Gasteiger partial charge is 0.243 e. The standard InChI is InChI=1S/C14H15ClFN3O2S/c15-11-4-5-14(12(16)7-11)22(20,21)18-9-10-8-17-19-6-2-1-3-13(10)19/h4-5,7-8,18H,1-3,6,9H2. The number of hydrogen-bond acceptors (Lipinski definition) is 3. The largest absolute Gasteiger partial charge is 0.269 e. The Balaban J connectivity index is 1.79. The van der Waals surface area contributed by atoms with Gasteiger partial charge in [-0.2, -0.15) is 5.10 Å². The van der Waals surface area contributed by atoms with Crippen molar-refractivity contribution in [3.8, 4) is 0 Å². The van der Waals surface area contributed by atoms with Crippen molar-refractivity contribution in [1.82, 2.24) is 14.5 Å². The van der Waals surface area contributed by atoms with Gasteiger partial charge in [-0.1, -0.05) is 11.6 Å². The van der Waals surface area contributed by atoms with E-state index in [1.165, 1.54) is 6.07 Å². The van der Waals surface area contributed by atoms with Crippen LogP contribution in [0, 0.1) is 5.82 Å². The minimum atomic E-state index is -3.93. The van der Waals surface area contributed by atoms with Crippen LogP contribution in [0.1, 0.15) is 24.1 Å². The first kappa shape index (κ1) is 15.5. The van der Waals surface area contributed by atoms with Gasteiger partial charge >= 0.3 is 0 Å². The number of aromatic nitrogens is 2. The van der Waals surface area contributed by atoms with E-state index in [-0.39, 0.29) is 11.6 Å². The number of benzene rings is 1. The van der Waals surface area contributed by atoms with E-state index < -0.39 is 20.7 Å². The Morgan fingerprint density at radius 1 is 1.36 bits per heavy atom. The SMILES string of the molecule is O=S(=O)(NCc1cnn2c1CCCC2)c1ccc(Cl)cc1F. The van der Waals surface area contributed by atoms with E-state index in [1.54, 1.807) is 6.20 Å². The summed E-state index contributed by atoms with van der Waals surface area (Å²) in [6.45, 7) is 0.952. The lowest BCUT2D eigenvalue weighted by molar-refractivity contribution is 0.483. The van der Waals surface area contributed by atoms with Gasteiger partial charge in [0.1, 0.15) is 10.7 Å². The zero-order valence-electron chi connectivity index (χ0n) is 11.7. The van der Waals surface area contributed by atoms with Crippen LogP contribution in [0.2, 0.25) is 5.02 Å². The lowest BCUT2D eigenvalue weighted by Crippen LogP contribution is -2.25.